The molecule has 0 saturated carbocycles. The maximum atomic E-state index is 11.5. The van der Waals surface area contributed by atoms with Crippen LogP contribution in [0, 0.1) is 0 Å². The second-order valence-electron chi connectivity index (χ2n) is 5.97. The van der Waals surface area contributed by atoms with Gasteiger partial charge in [-0.3, -0.25) is 9.89 Å². The largest absolute Gasteiger partial charge is 0.392 e. The van der Waals surface area contributed by atoms with E-state index in [9.17, 15) is 9.90 Å². The van der Waals surface area contributed by atoms with Gasteiger partial charge in [0, 0.05) is 18.1 Å². The Labute approximate surface area is 118 Å². The van der Waals surface area contributed by atoms with E-state index in [1.165, 1.54) is 12.5 Å². The van der Waals surface area contributed by atoms with Crippen LogP contribution < -0.4 is 0 Å². The number of aromatic nitrogens is 2. The van der Waals surface area contributed by atoms with E-state index in [1.807, 2.05) is 12.1 Å². The summed E-state index contributed by atoms with van der Waals surface area (Å²) < 4.78 is 0. The van der Waals surface area contributed by atoms with E-state index in [4.69, 9.17) is 0 Å². The van der Waals surface area contributed by atoms with Crippen LogP contribution in [0.2, 0.25) is 0 Å². The van der Waals surface area contributed by atoms with Gasteiger partial charge in [0.15, 0.2) is 5.78 Å². The number of hydrogen-bond donors (Lipinski definition) is 2. The van der Waals surface area contributed by atoms with Crippen molar-refractivity contribution in [1.82, 2.24) is 10.2 Å². The molecule has 1 heterocycles. The van der Waals surface area contributed by atoms with E-state index in [0.717, 1.165) is 5.56 Å². The summed E-state index contributed by atoms with van der Waals surface area (Å²) in [5, 5.41) is 16.3. The highest BCUT2D eigenvalue weighted by Gasteiger charge is 2.18. The van der Waals surface area contributed by atoms with Crippen LogP contribution >= 0.6 is 0 Å². The van der Waals surface area contributed by atoms with Crippen LogP contribution in [0.3, 0.4) is 0 Å². The minimum atomic E-state index is -0.207. The number of nitrogens with zero attached hydrogens (tertiary/aromatic N) is 1. The van der Waals surface area contributed by atoms with Gasteiger partial charge in [-0.1, -0.05) is 45.0 Å². The predicted octanol–water partition coefficient (Wildman–Crippen LogP) is 3.07. The Hall–Kier alpha value is -1.94. The van der Waals surface area contributed by atoms with E-state index < -0.39 is 0 Å². The lowest BCUT2D eigenvalue weighted by Crippen LogP contribution is -2.10. The van der Waals surface area contributed by atoms with Crippen LogP contribution in [-0.4, -0.2) is 21.1 Å². The van der Waals surface area contributed by atoms with Crippen LogP contribution in [0.4, 0.5) is 0 Å². The second-order valence-corrected chi connectivity index (χ2v) is 5.97. The smallest absolute Gasteiger partial charge is 0.177 e. The fraction of sp³-hybridized carbons (Fsp3) is 0.375. The average molecular weight is 272 g/mol. The third-order valence-electron chi connectivity index (χ3n) is 3.40. The van der Waals surface area contributed by atoms with Gasteiger partial charge < -0.3 is 5.11 Å². The van der Waals surface area contributed by atoms with Crippen molar-refractivity contribution in [3.05, 3.63) is 41.1 Å². The molecule has 0 unspecified atom stereocenters. The first-order chi connectivity index (χ1) is 9.34. The predicted molar refractivity (Wildman–Crippen MR) is 78.7 cm³/mol. The summed E-state index contributed by atoms with van der Waals surface area (Å²) in [5.41, 5.74) is 3.79. The number of rotatable bonds is 3. The molecule has 0 fully saturated rings. The van der Waals surface area contributed by atoms with Crippen LogP contribution in [0.15, 0.2) is 24.3 Å². The van der Waals surface area contributed by atoms with E-state index >= 15 is 0 Å². The molecule has 2 rings (SSSR count). The quantitative estimate of drug-likeness (QED) is 0.844. The molecule has 0 aliphatic heterocycles. The van der Waals surface area contributed by atoms with Crippen LogP contribution in [0.25, 0.3) is 11.3 Å². The number of aliphatic hydroxyl groups excluding tert-OH is 1. The lowest BCUT2D eigenvalue weighted by molar-refractivity contribution is 0.101. The van der Waals surface area contributed by atoms with Crippen LogP contribution in [-0.2, 0) is 12.0 Å². The maximum Gasteiger partial charge on any atom is 0.177 e. The Morgan fingerprint density at radius 1 is 1.25 bits per heavy atom. The SMILES string of the molecule is CC(=O)c1[nH]nc(-c2ccc(C(C)(C)C)cc2)c1CO. The van der Waals surface area contributed by atoms with Crippen molar-refractivity contribution in [2.75, 3.05) is 0 Å². The van der Waals surface area contributed by atoms with Gasteiger partial charge in [0.25, 0.3) is 0 Å². The van der Waals surface area contributed by atoms with E-state index in [-0.39, 0.29) is 17.8 Å². The molecule has 0 aliphatic carbocycles. The molecule has 0 amide bonds. The Morgan fingerprint density at radius 3 is 2.30 bits per heavy atom. The van der Waals surface area contributed by atoms with Gasteiger partial charge in [-0.15, -0.1) is 0 Å². The molecule has 106 valence electrons. The molecule has 1 aromatic heterocycles. The fourth-order valence-electron chi connectivity index (χ4n) is 2.18. The summed E-state index contributed by atoms with van der Waals surface area (Å²) >= 11 is 0. The zero-order valence-corrected chi connectivity index (χ0v) is 12.3. The summed E-state index contributed by atoms with van der Waals surface area (Å²) in [7, 11) is 0. The third kappa shape index (κ3) is 2.65. The van der Waals surface area contributed by atoms with Crippen molar-refractivity contribution in [2.45, 2.75) is 39.7 Å². The van der Waals surface area contributed by atoms with E-state index in [0.29, 0.717) is 17.0 Å². The van der Waals surface area contributed by atoms with Gasteiger partial charge >= 0.3 is 0 Å². The Bertz CT molecular complexity index is 619. The van der Waals surface area contributed by atoms with Gasteiger partial charge in [-0.2, -0.15) is 5.10 Å². The Kier molecular flexibility index (Phi) is 3.77. The number of ketones is 1. The molecule has 4 heteroatoms. The molecular formula is C16H20N2O2. The minimum absolute atomic E-state index is 0.0917. The summed E-state index contributed by atoms with van der Waals surface area (Å²) in [4.78, 5) is 11.5. The summed E-state index contributed by atoms with van der Waals surface area (Å²) in [6, 6.07) is 8.05. The first kappa shape index (κ1) is 14.5. The van der Waals surface area contributed by atoms with Gasteiger partial charge in [-0.25, -0.2) is 0 Å². The molecule has 2 N–H and O–H groups in total. The minimum Gasteiger partial charge on any atom is -0.392 e. The molecule has 2 aromatic rings. The van der Waals surface area contributed by atoms with Crippen molar-refractivity contribution >= 4 is 5.78 Å². The molecule has 4 nitrogen and oxygen atoms in total. The molecule has 0 saturated heterocycles. The second kappa shape index (κ2) is 5.21. The monoisotopic (exact) mass is 272 g/mol. The number of benzene rings is 1. The lowest BCUT2D eigenvalue weighted by atomic mass is 9.86. The van der Waals surface area contributed by atoms with Gasteiger partial charge in [0.05, 0.1) is 12.3 Å². The zero-order valence-electron chi connectivity index (χ0n) is 12.3. The van der Waals surface area contributed by atoms with Gasteiger partial charge in [0.2, 0.25) is 0 Å². The number of carbonyl (C=O) groups is 1. The standard InChI is InChI=1S/C16H20N2O2/c1-10(20)14-13(9-19)15(18-17-14)11-5-7-12(8-6-11)16(2,3)4/h5-8,19H,9H2,1-4H3,(H,17,18). The average Bonchev–Trinajstić information content (AvgIpc) is 2.81. The van der Waals surface area contributed by atoms with Crippen molar-refractivity contribution in [3.8, 4) is 11.3 Å². The van der Waals surface area contributed by atoms with Gasteiger partial charge in [-0.05, 0) is 11.0 Å². The normalized spacial score (nSPS) is 11.7. The highest BCUT2D eigenvalue weighted by molar-refractivity contribution is 5.95. The number of Topliss-reactive ketones (excluding diaryl/α,β-unsaturated/α-hetero) is 1. The number of hydrogen-bond acceptors (Lipinski definition) is 3. The molecule has 20 heavy (non-hydrogen) atoms. The summed E-state index contributed by atoms with van der Waals surface area (Å²) in [5.74, 6) is -0.126. The molecule has 1 aromatic carbocycles. The molecular weight excluding hydrogens is 252 g/mol. The zero-order chi connectivity index (χ0) is 14.9. The fourth-order valence-corrected chi connectivity index (χ4v) is 2.18. The lowest BCUT2D eigenvalue weighted by Gasteiger charge is -2.19. The first-order valence-electron chi connectivity index (χ1n) is 6.64. The topological polar surface area (TPSA) is 66.0 Å². The first-order valence-corrected chi connectivity index (χ1v) is 6.64. The van der Waals surface area contributed by atoms with E-state index in [1.54, 1.807) is 0 Å². The highest BCUT2D eigenvalue weighted by Crippen LogP contribution is 2.28. The van der Waals surface area contributed by atoms with Gasteiger partial charge in [0.1, 0.15) is 5.69 Å². The molecule has 0 aliphatic rings. The Balaban J connectivity index is 2.45. The highest BCUT2D eigenvalue weighted by atomic mass is 16.3. The number of carbonyl (C=O) groups excluding carboxylic acids is 1. The van der Waals surface area contributed by atoms with Crippen molar-refractivity contribution in [2.24, 2.45) is 0 Å². The molecule has 0 bridgehead atoms. The van der Waals surface area contributed by atoms with Crippen LogP contribution in [0.5, 0.6) is 0 Å². The van der Waals surface area contributed by atoms with Crippen LogP contribution in [0.1, 0.15) is 49.3 Å². The number of H-pyrrole nitrogens is 1. The third-order valence-corrected chi connectivity index (χ3v) is 3.40. The molecule has 0 spiro atoms. The number of aromatic amines is 1. The summed E-state index contributed by atoms with van der Waals surface area (Å²) in [6.07, 6.45) is 0. The number of aliphatic hydroxyl groups is 1. The number of nitrogens with one attached hydrogen (secondary N) is 1. The maximum absolute atomic E-state index is 11.5. The Morgan fingerprint density at radius 2 is 1.85 bits per heavy atom. The molecule has 0 atom stereocenters. The van der Waals surface area contributed by atoms with Crippen molar-refractivity contribution in [1.29, 1.82) is 0 Å². The van der Waals surface area contributed by atoms with Crippen molar-refractivity contribution < 1.29 is 9.90 Å². The summed E-state index contributed by atoms with van der Waals surface area (Å²) in [6.45, 7) is 7.72. The van der Waals surface area contributed by atoms with Crippen molar-refractivity contribution in [3.63, 3.8) is 0 Å². The van der Waals surface area contributed by atoms with E-state index in [2.05, 4.69) is 43.1 Å². The molecule has 0 radical (unpaired) electrons.